The topological polar surface area (TPSA) is 51.4 Å². The third-order valence-corrected chi connectivity index (χ3v) is 3.84. The molecule has 1 unspecified atom stereocenters. The van der Waals surface area contributed by atoms with Crippen molar-refractivity contribution in [1.82, 2.24) is 9.88 Å². The third kappa shape index (κ3) is 3.10. The van der Waals surface area contributed by atoms with Crippen LogP contribution >= 0.6 is 11.6 Å². The van der Waals surface area contributed by atoms with E-state index in [9.17, 15) is 0 Å². The summed E-state index contributed by atoms with van der Waals surface area (Å²) in [6, 6.07) is 7.90. The van der Waals surface area contributed by atoms with E-state index in [1.165, 1.54) is 0 Å². The lowest BCUT2D eigenvalue weighted by Gasteiger charge is -2.27. The number of nitrogens with two attached hydrogens (primary N) is 1. The lowest BCUT2D eigenvalue weighted by atomic mass is 10.0. The normalized spacial score (nSPS) is 13.1. The van der Waals surface area contributed by atoms with Crippen LogP contribution in [0.25, 0.3) is 10.9 Å². The number of fused-ring (bicyclic) bond motifs is 1. The summed E-state index contributed by atoms with van der Waals surface area (Å²) in [5, 5.41) is 1.68. The van der Waals surface area contributed by atoms with Gasteiger partial charge < -0.3 is 10.5 Å². The van der Waals surface area contributed by atoms with Crippen molar-refractivity contribution in [2.24, 2.45) is 5.73 Å². The van der Waals surface area contributed by atoms with E-state index < -0.39 is 0 Å². The van der Waals surface area contributed by atoms with Crippen molar-refractivity contribution in [3.05, 3.63) is 41.0 Å². The average molecular weight is 294 g/mol. The highest BCUT2D eigenvalue weighted by atomic mass is 35.5. The Hall–Kier alpha value is -1.20. The minimum Gasteiger partial charge on any atom is -0.383 e. The molecule has 0 aliphatic rings. The first kappa shape index (κ1) is 15.2. The molecule has 1 aromatic carbocycles. The first-order chi connectivity index (χ1) is 9.69. The Labute approximate surface area is 124 Å². The summed E-state index contributed by atoms with van der Waals surface area (Å²) in [7, 11) is 3.74. The molecule has 1 aromatic heterocycles. The second kappa shape index (κ2) is 6.99. The molecule has 4 nitrogen and oxygen atoms in total. The van der Waals surface area contributed by atoms with Gasteiger partial charge in [-0.05, 0) is 30.8 Å². The van der Waals surface area contributed by atoms with Crippen LogP contribution in [0.4, 0.5) is 0 Å². The molecule has 2 N–H and O–H groups in total. The SMILES string of the molecule is COCCN(C)C(CN)c1ccc(Cl)c2cccnc12. The van der Waals surface area contributed by atoms with Gasteiger partial charge in [0.1, 0.15) is 0 Å². The number of ether oxygens (including phenoxy) is 1. The second-order valence-corrected chi connectivity index (χ2v) is 5.17. The molecule has 0 bridgehead atoms. The van der Waals surface area contributed by atoms with E-state index in [4.69, 9.17) is 22.1 Å². The van der Waals surface area contributed by atoms with Crippen LogP contribution in [-0.4, -0.2) is 43.7 Å². The Kier molecular flexibility index (Phi) is 5.31. The number of pyridine rings is 1. The van der Waals surface area contributed by atoms with Crippen LogP contribution in [0.15, 0.2) is 30.5 Å². The summed E-state index contributed by atoms with van der Waals surface area (Å²) in [4.78, 5) is 6.66. The minimum atomic E-state index is 0.0971. The first-order valence-corrected chi connectivity index (χ1v) is 6.99. The zero-order chi connectivity index (χ0) is 14.5. The average Bonchev–Trinajstić information content (AvgIpc) is 2.48. The molecule has 2 aromatic rings. The van der Waals surface area contributed by atoms with Gasteiger partial charge in [-0.3, -0.25) is 9.88 Å². The number of methoxy groups -OCH3 is 1. The Bertz CT molecular complexity index is 576. The monoisotopic (exact) mass is 293 g/mol. The van der Waals surface area contributed by atoms with Gasteiger partial charge in [0.25, 0.3) is 0 Å². The van der Waals surface area contributed by atoms with Crippen molar-refractivity contribution in [1.29, 1.82) is 0 Å². The number of halogens is 1. The third-order valence-electron chi connectivity index (χ3n) is 3.51. The van der Waals surface area contributed by atoms with Crippen LogP contribution in [0.1, 0.15) is 11.6 Å². The van der Waals surface area contributed by atoms with Crippen LogP contribution in [-0.2, 0) is 4.74 Å². The molecule has 0 amide bonds. The fourth-order valence-corrected chi connectivity index (χ4v) is 2.58. The fourth-order valence-electron chi connectivity index (χ4n) is 2.36. The smallest absolute Gasteiger partial charge is 0.0765 e. The predicted octanol–water partition coefficient (Wildman–Crippen LogP) is 2.47. The van der Waals surface area contributed by atoms with Crippen LogP contribution < -0.4 is 5.73 Å². The molecule has 108 valence electrons. The Morgan fingerprint density at radius 2 is 2.20 bits per heavy atom. The molecule has 0 aliphatic carbocycles. The maximum Gasteiger partial charge on any atom is 0.0765 e. The van der Waals surface area contributed by atoms with Gasteiger partial charge in [0.15, 0.2) is 0 Å². The number of hydrogen-bond acceptors (Lipinski definition) is 4. The van der Waals surface area contributed by atoms with Gasteiger partial charge in [0.2, 0.25) is 0 Å². The maximum absolute atomic E-state index is 6.24. The molecule has 0 spiro atoms. The second-order valence-electron chi connectivity index (χ2n) is 4.76. The number of aromatic nitrogens is 1. The van der Waals surface area contributed by atoms with Crippen LogP contribution in [0.5, 0.6) is 0 Å². The summed E-state index contributed by atoms with van der Waals surface area (Å²) in [6.07, 6.45) is 1.78. The first-order valence-electron chi connectivity index (χ1n) is 6.61. The van der Waals surface area contributed by atoms with Gasteiger partial charge in [-0.2, -0.15) is 0 Å². The van der Waals surface area contributed by atoms with Crippen LogP contribution in [0, 0.1) is 0 Å². The van der Waals surface area contributed by atoms with E-state index in [1.807, 2.05) is 31.3 Å². The van der Waals surface area contributed by atoms with E-state index in [0.717, 1.165) is 23.0 Å². The molecule has 1 atom stereocenters. The number of nitrogens with zero attached hydrogens (tertiary/aromatic N) is 2. The summed E-state index contributed by atoms with van der Waals surface area (Å²) in [5.74, 6) is 0. The lowest BCUT2D eigenvalue weighted by molar-refractivity contribution is 0.141. The van der Waals surface area contributed by atoms with Gasteiger partial charge >= 0.3 is 0 Å². The number of benzene rings is 1. The van der Waals surface area contributed by atoms with Gasteiger partial charge in [0.05, 0.1) is 12.1 Å². The molecule has 0 fully saturated rings. The van der Waals surface area contributed by atoms with Gasteiger partial charge in [-0.25, -0.2) is 0 Å². The molecule has 0 aliphatic heterocycles. The molecule has 0 saturated heterocycles. The summed E-state index contributed by atoms with van der Waals surface area (Å²) < 4.78 is 5.13. The van der Waals surface area contributed by atoms with Crippen molar-refractivity contribution in [2.45, 2.75) is 6.04 Å². The quantitative estimate of drug-likeness (QED) is 0.889. The maximum atomic E-state index is 6.24. The Morgan fingerprint density at radius 3 is 2.90 bits per heavy atom. The van der Waals surface area contributed by atoms with E-state index in [-0.39, 0.29) is 6.04 Å². The number of likely N-dealkylation sites (N-methyl/N-ethyl adjacent to an activating group) is 1. The Balaban J connectivity index is 2.42. The molecule has 1 heterocycles. The number of hydrogen-bond donors (Lipinski definition) is 1. The number of rotatable bonds is 6. The fraction of sp³-hybridized carbons (Fsp3) is 0.400. The highest BCUT2D eigenvalue weighted by molar-refractivity contribution is 6.35. The standard InChI is InChI=1S/C15H20ClN3O/c1-19(8-9-20-2)14(10-17)12-5-6-13(16)11-4-3-7-18-15(11)12/h3-7,14H,8-10,17H2,1-2H3. The zero-order valence-corrected chi connectivity index (χ0v) is 12.6. The van der Waals surface area contributed by atoms with Crippen molar-refractivity contribution >= 4 is 22.5 Å². The highest BCUT2D eigenvalue weighted by Gasteiger charge is 2.19. The van der Waals surface area contributed by atoms with Gasteiger partial charge in [-0.15, -0.1) is 0 Å². The highest BCUT2D eigenvalue weighted by Crippen LogP contribution is 2.30. The van der Waals surface area contributed by atoms with Crippen molar-refractivity contribution in [3.8, 4) is 0 Å². The van der Waals surface area contributed by atoms with Crippen LogP contribution in [0.2, 0.25) is 5.02 Å². The summed E-state index contributed by atoms with van der Waals surface area (Å²) in [6.45, 7) is 2.01. The van der Waals surface area contributed by atoms with E-state index >= 15 is 0 Å². The lowest BCUT2D eigenvalue weighted by Crippen LogP contribution is -2.33. The predicted molar refractivity (Wildman–Crippen MR) is 83.1 cm³/mol. The van der Waals surface area contributed by atoms with E-state index in [1.54, 1.807) is 13.3 Å². The molecule has 2 rings (SSSR count). The van der Waals surface area contributed by atoms with Crippen LogP contribution in [0.3, 0.4) is 0 Å². The molecule has 20 heavy (non-hydrogen) atoms. The van der Waals surface area contributed by atoms with Gasteiger partial charge in [-0.1, -0.05) is 17.7 Å². The van der Waals surface area contributed by atoms with Crippen molar-refractivity contribution in [2.75, 3.05) is 33.9 Å². The largest absolute Gasteiger partial charge is 0.383 e. The van der Waals surface area contributed by atoms with Gasteiger partial charge in [0, 0.05) is 42.8 Å². The molecule has 5 heteroatoms. The molecule has 0 saturated carbocycles. The molecular weight excluding hydrogens is 274 g/mol. The zero-order valence-electron chi connectivity index (χ0n) is 11.8. The molecular formula is C15H20ClN3O. The Morgan fingerprint density at radius 1 is 1.40 bits per heavy atom. The van der Waals surface area contributed by atoms with E-state index in [0.29, 0.717) is 18.2 Å². The summed E-state index contributed by atoms with van der Waals surface area (Å²) in [5.41, 5.74) is 7.98. The van der Waals surface area contributed by atoms with Crippen molar-refractivity contribution < 1.29 is 4.74 Å². The van der Waals surface area contributed by atoms with E-state index in [2.05, 4.69) is 9.88 Å². The molecule has 0 radical (unpaired) electrons. The van der Waals surface area contributed by atoms with Crippen molar-refractivity contribution in [3.63, 3.8) is 0 Å². The minimum absolute atomic E-state index is 0.0971. The summed E-state index contributed by atoms with van der Waals surface area (Å²) >= 11 is 6.24.